The molecule has 1 fully saturated rings. The molecule has 142 valence electrons. The van der Waals surface area contributed by atoms with Crippen molar-refractivity contribution in [3.8, 4) is 0 Å². The second kappa shape index (κ2) is 7.64. The Kier molecular flexibility index (Phi) is 5.07. The maximum absolute atomic E-state index is 13.0. The summed E-state index contributed by atoms with van der Waals surface area (Å²) in [7, 11) is 0. The summed E-state index contributed by atoms with van der Waals surface area (Å²) >= 11 is 0. The van der Waals surface area contributed by atoms with E-state index in [0.717, 1.165) is 49.2 Å². The van der Waals surface area contributed by atoms with Crippen molar-refractivity contribution < 1.29 is 19.1 Å². The van der Waals surface area contributed by atoms with Gasteiger partial charge in [-0.05, 0) is 50.3 Å². The molecule has 0 bridgehead atoms. The van der Waals surface area contributed by atoms with Gasteiger partial charge in [-0.3, -0.25) is 9.78 Å². The van der Waals surface area contributed by atoms with Crippen molar-refractivity contribution in [2.45, 2.75) is 51.0 Å². The first-order chi connectivity index (χ1) is 13.1. The second-order valence-corrected chi connectivity index (χ2v) is 7.28. The molecular formula is C21H24N2O4. The molecule has 3 aliphatic rings. The van der Waals surface area contributed by atoms with E-state index in [9.17, 15) is 9.59 Å². The van der Waals surface area contributed by atoms with Gasteiger partial charge in [-0.15, -0.1) is 0 Å². The summed E-state index contributed by atoms with van der Waals surface area (Å²) in [5.74, 6) is -0.696. The first-order valence-corrected chi connectivity index (χ1v) is 9.58. The van der Waals surface area contributed by atoms with E-state index in [1.165, 1.54) is 0 Å². The average molecular weight is 368 g/mol. The van der Waals surface area contributed by atoms with Crippen molar-refractivity contribution >= 4 is 11.8 Å². The molecular weight excluding hydrogens is 344 g/mol. The molecule has 0 spiro atoms. The summed E-state index contributed by atoms with van der Waals surface area (Å²) in [6.45, 7) is 2.84. The Balaban J connectivity index is 1.67. The lowest BCUT2D eigenvalue weighted by Crippen LogP contribution is -2.35. The van der Waals surface area contributed by atoms with E-state index in [4.69, 9.17) is 9.47 Å². The maximum Gasteiger partial charge on any atom is 0.336 e. The highest BCUT2D eigenvalue weighted by molar-refractivity contribution is 6.03. The Morgan fingerprint density at radius 3 is 2.85 bits per heavy atom. The zero-order valence-electron chi connectivity index (χ0n) is 15.5. The smallest absolute Gasteiger partial charge is 0.336 e. The van der Waals surface area contributed by atoms with Crippen LogP contribution in [-0.2, 0) is 19.1 Å². The lowest BCUT2D eigenvalue weighted by atomic mass is 9.75. The Hall–Kier alpha value is -2.47. The van der Waals surface area contributed by atoms with Crippen LogP contribution in [0.2, 0.25) is 0 Å². The van der Waals surface area contributed by atoms with Gasteiger partial charge in [0.2, 0.25) is 0 Å². The fourth-order valence-electron chi connectivity index (χ4n) is 4.17. The topological polar surface area (TPSA) is 77.5 Å². The number of pyridine rings is 1. The molecule has 2 atom stereocenters. The van der Waals surface area contributed by atoms with Crippen LogP contribution in [0.5, 0.6) is 0 Å². The van der Waals surface area contributed by atoms with Crippen LogP contribution in [-0.4, -0.2) is 36.1 Å². The highest BCUT2D eigenvalue weighted by atomic mass is 16.6. The molecule has 2 aliphatic heterocycles. The Bertz CT molecular complexity index is 807. The van der Waals surface area contributed by atoms with E-state index in [1.807, 2.05) is 19.1 Å². The maximum atomic E-state index is 13.0. The Morgan fingerprint density at radius 1 is 1.30 bits per heavy atom. The highest BCUT2D eigenvalue weighted by Crippen LogP contribution is 2.42. The summed E-state index contributed by atoms with van der Waals surface area (Å²) < 4.78 is 11.1. The lowest BCUT2D eigenvalue weighted by Gasteiger charge is -2.34. The molecule has 0 radical (unpaired) electrons. The standard InChI is InChI=1S/C21H24N2O4/c1-13-18(21(25)27-12-15-4-3-11-26-15)19(14-7-9-22-10-8-14)20-16(23-13)5-2-6-17(20)24/h7-10,15,19,23H,2-6,11-12H2,1H3/t15-,19-/m0/s1. The molecule has 1 aliphatic carbocycles. The number of nitrogens with zero attached hydrogens (tertiary/aromatic N) is 1. The van der Waals surface area contributed by atoms with Crippen LogP contribution in [0.4, 0.5) is 0 Å². The number of aromatic nitrogens is 1. The van der Waals surface area contributed by atoms with Crippen molar-refractivity contribution in [3.05, 3.63) is 52.6 Å². The van der Waals surface area contributed by atoms with Gasteiger partial charge in [0.25, 0.3) is 0 Å². The normalized spacial score (nSPS) is 25.3. The number of ether oxygens (including phenoxy) is 2. The third-order valence-corrected chi connectivity index (χ3v) is 5.46. The average Bonchev–Trinajstić information content (AvgIpc) is 3.19. The molecule has 0 saturated carbocycles. The summed E-state index contributed by atoms with van der Waals surface area (Å²) in [5.41, 5.74) is 3.77. The van der Waals surface area contributed by atoms with Gasteiger partial charge in [-0.25, -0.2) is 4.79 Å². The van der Waals surface area contributed by atoms with E-state index in [1.54, 1.807) is 12.4 Å². The minimum Gasteiger partial charge on any atom is -0.459 e. The number of esters is 1. The molecule has 0 aromatic carbocycles. The van der Waals surface area contributed by atoms with Crippen LogP contribution >= 0.6 is 0 Å². The molecule has 1 saturated heterocycles. The van der Waals surface area contributed by atoms with Crippen LogP contribution in [0.15, 0.2) is 47.1 Å². The number of rotatable bonds is 4. The minimum atomic E-state index is -0.408. The summed E-state index contributed by atoms with van der Waals surface area (Å²) in [6.07, 6.45) is 7.42. The second-order valence-electron chi connectivity index (χ2n) is 7.28. The molecule has 27 heavy (non-hydrogen) atoms. The van der Waals surface area contributed by atoms with Crippen molar-refractivity contribution in [3.63, 3.8) is 0 Å². The quantitative estimate of drug-likeness (QED) is 0.824. The zero-order chi connectivity index (χ0) is 18.8. The fourth-order valence-corrected chi connectivity index (χ4v) is 4.17. The van der Waals surface area contributed by atoms with E-state index in [-0.39, 0.29) is 24.5 Å². The zero-order valence-corrected chi connectivity index (χ0v) is 15.5. The Labute approximate surface area is 158 Å². The van der Waals surface area contributed by atoms with Crippen molar-refractivity contribution in [2.24, 2.45) is 0 Å². The van der Waals surface area contributed by atoms with E-state index in [2.05, 4.69) is 10.3 Å². The number of carbonyl (C=O) groups is 2. The van der Waals surface area contributed by atoms with Gasteiger partial charge in [0, 0.05) is 48.3 Å². The fraction of sp³-hybridized carbons (Fsp3) is 0.476. The van der Waals surface area contributed by atoms with Crippen LogP contribution in [0.1, 0.15) is 50.5 Å². The SMILES string of the molecule is CC1=C(C(=O)OC[C@@H]2CCCO2)[C@H](c2ccncc2)C2=C(CCCC2=O)N1. The molecule has 1 N–H and O–H groups in total. The van der Waals surface area contributed by atoms with E-state index < -0.39 is 5.92 Å². The molecule has 1 aromatic rings. The van der Waals surface area contributed by atoms with Crippen LogP contribution in [0.3, 0.4) is 0 Å². The Morgan fingerprint density at radius 2 is 2.11 bits per heavy atom. The predicted octanol–water partition coefficient (Wildman–Crippen LogP) is 2.77. The number of hydrogen-bond donors (Lipinski definition) is 1. The highest BCUT2D eigenvalue weighted by Gasteiger charge is 2.39. The van der Waals surface area contributed by atoms with Gasteiger partial charge in [0.05, 0.1) is 11.7 Å². The monoisotopic (exact) mass is 368 g/mol. The number of allylic oxidation sites excluding steroid dienone is 3. The number of ketones is 1. The van der Waals surface area contributed by atoms with Crippen LogP contribution in [0, 0.1) is 0 Å². The van der Waals surface area contributed by atoms with Gasteiger partial charge < -0.3 is 14.8 Å². The summed E-state index contributed by atoms with van der Waals surface area (Å²) in [5, 5.41) is 3.30. The molecule has 0 amide bonds. The van der Waals surface area contributed by atoms with Gasteiger partial charge in [0.15, 0.2) is 5.78 Å². The van der Waals surface area contributed by atoms with Crippen LogP contribution < -0.4 is 5.32 Å². The molecule has 3 heterocycles. The first kappa shape index (κ1) is 17.9. The minimum absolute atomic E-state index is 0.0307. The van der Waals surface area contributed by atoms with Gasteiger partial charge >= 0.3 is 5.97 Å². The third-order valence-electron chi connectivity index (χ3n) is 5.46. The molecule has 4 rings (SSSR count). The largest absolute Gasteiger partial charge is 0.459 e. The lowest BCUT2D eigenvalue weighted by molar-refractivity contribution is -0.142. The van der Waals surface area contributed by atoms with Gasteiger partial charge in [-0.1, -0.05) is 0 Å². The summed E-state index contributed by atoms with van der Waals surface area (Å²) in [4.78, 5) is 29.8. The molecule has 1 aromatic heterocycles. The van der Waals surface area contributed by atoms with Crippen molar-refractivity contribution in [2.75, 3.05) is 13.2 Å². The number of dihydropyridines is 1. The first-order valence-electron chi connectivity index (χ1n) is 9.58. The third kappa shape index (κ3) is 3.54. The van der Waals surface area contributed by atoms with Crippen molar-refractivity contribution in [1.82, 2.24) is 10.3 Å². The van der Waals surface area contributed by atoms with Gasteiger partial charge in [0.1, 0.15) is 6.61 Å². The van der Waals surface area contributed by atoms with E-state index >= 15 is 0 Å². The number of carbonyl (C=O) groups excluding carboxylic acids is 2. The van der Waals surface area contributed by atoms with Crippen molar-refractivity contribution in [1.29, 1.82) is 0 Å². The summed E-state index contributed by atoms with van der Waals surface area (Å²) in [6, 6.07) is 3.73. The van der Waals surface area contributed by atoms with Crippen LogP contribution in [0.25, 0.3) is 0 Å². The van der Waals surface area contributed by atoms with Gasteiger partial charge in [-0.2, -0.15) is 0 Å². The number of Topliss-reactive ketones (excluding diaryl/α,β-unsaturated/α-hetero) is 1. The molecule has 6 nitrogen and oxygen atoms in total. The predicted molar refractivity (Wildman–Crippen MR) is 98.6 cm³/mol. The molecule has 6 heteroatoms. The molecule has 0 unspecified atom stereocenters. The number of nitrogens with one attached hydrogen (secondary N) is 1. The van der Waals surface area contributed by atoms with E-state index in [0.29, 0.717) is 17.6 Å². The number of hydrogen-bond acceptors (Lipinski definition) is 6.